The van der Waals surface area contributed by atoms with E-state index in [9.17, 15) is 18.3 Å². The van der Waals surface area contributed by atoms with E-state index in [0.29, 0.717) is 15.7 Å². The van der Waals surface area contributed by atoms with E-state index < -0.39 is 22.2 Å². The lowest BCUT2D eigenvalue weighted by atomic mass is 10.1. The number of fused-ring (bicyclic) bond motifs is 1. The fraction of sp³-hybridized carbons (Fsp3) is 0.417. The van der Waals surface area contributed by atoms with Gasteiger partial charge in [-0.3, -0.25) is 4.79 Å². The van der Waals surface area contributed by atoms with Crippen molar-refractivity contribution in [2.75, 3.05) is 18.5 Å². The third kappa shape index (κ3) is 3.61. The Bertz CT molecular complexity index is 687. The molecular formula is C12H15BrN2O5S. The highest BCUT2D eigenvalue weighted by molar-refractivity contribution is 9.10. The predicted molar refractivity (Wildman–Crippen MR) is 79.4 cm³/mol. The molecule has 1 atom stereocenters. The molecule has 0 bridgehead atoms. The van der Waals surface area contributed by atoms with Crippen LogP contribution in [0.25, 0.3) is 0 Å². The molecule has 2 rings (SSSR count). The summed E-state index contributed by atoms with van der Waals surface area (Å²) in [4.78, 5) is 11.3. The Morgan fingerprint density at radius 3 is 2.76 bits per heavy atom. The number of benzene rings is 1. The molecule has 0 aliphatic carbocycles. The van der Waals surface area contributed by atoms with Gasteiger partial charge in [0.1, 0.15) is 0 Å². The van der Waals surface area contributed by atoms with Gasteiger partial charge in [-0.2, -0.15) is 0 Å². The SMILES string of the molecule is CC(O)(CO)CNS(=O)(=O)c1cc2c(cc1Br)NC(=O)C2. The predicted octanol–water partition coefficient (Wildman–Crippen LogP) is -0.0347. The molecular weight excluding hydrogens is 364 g/mol. The van der Waals surface area contributed by atoms with Crippen molar-refractivity contribution in [2.24, 2.45) is 0 Å². The Labute approximate surface area is 130 Å². The van der Waals surface area contributed by atoms with Gasteiger partial charge in [-0.1, -0.05) is 0 Å². The number of aliphatic hydroxyl groups is 2. The van der Waals surface area contributed by atoms with Gasteiger partial charge in [0, 0.05) is 16.7 Å². The fourth-order valence-corrected chi connectivity index (χ4v) is 4.07. The van der Waals surface area contributed by atoms with E-state index in [-0.39, 0.29) is 23.8 Å². The molecule has 1 aliphatic rings. The Kier molecular flexibility index (Phi) is 4.41. The molecule has 0 saturated carbocycles. The average Bonchev–Trinajstić information content (AvgIpc) is 2.75. The van der Waals surface area contributed by atoms with Crippen LogP contribution in [-0.4, -0.2) is 43.3 Å². The zero-order chi connectivity index (χ0) is 15.8. The van der Waals surface area contributed by atoms with Gasteiger partial charge in [0.25, 0.3) is 0 Å². The quantitative estimate of drug-likeness (QED) is 0.573. The number of amides is 1. The lowest BCUT2D eigenvalue weighted by Crippen LogP contribution is -2.43. The van der Waals surface area contributed by atoms with Gasteiger partial charge in [0.05, 0.1) is 23.5 Å². The van der Waals surface area contributed by atoms with Crippen LogP contribution in [0.1, 0.15) is 12.5 Å². The van der Waals surface area contributed by atoms with E-state index in [1.165, 1.54) is 19.1 Å². The highest BCUT2D eigenvalue weighted by Gasteiger charge is 2.27. The Morgan fingerprint density at radius 2 is 2.14 bits per heavy atom. The molecule has 0 saturated heterocycles. The van der Waals surface area contributed by atoms with Crippen molar-refractivity contribution < 1.29 is 23.4 Å². The minimum atomic E-state index is -3.88. The first-order chi connectivity index (χ1) is 9.64. The molecule has 1 heterocycles. The first-order valence-corrected chi connectivity index (χ1v) is 8.37. The number of hydrogen-bond acceptors (Lipinski definition) is 5. The van der Waals surface area contributed by atoms with E-state index in [1.807, 2.05) is 0 Å². The Hall–Kier alpha value is -1.00. The summed E-state index contributed by atoms with van der Waals surface area (Å²) in [5.74, 6) is -0.192. The third-order valence-corrected chi connectivity index (χ3v) is 5.42. The largest absolute Gasteiger partial charge is 0.393 e. The smallest absolute Gasteiger partial charge is 0.241 e. The number of carbonyl (C=O) groups excluding carboxylic acids is 1. The summed E-state index contributed by atoms with van der Waals surface area (Å²) in [6.07, 6.45) is 0.124. The topological polar surface area (TPSA) is 116 Å². The number of nitrogens with one attached hydrogen (secondary N) is 2. The maximum atomic E-state index is 12.3. The zero-order valence-electron chi connectivity index (χ0n) is 11.2. The van der Waals surface area contributed by atoms with Crippen molar-refractivity contribution in [3.05, 3.63) is 22.2 Å². The van der Waals surface area contributed by atoms with Crippen LogP contribution < -0.4 is 10.0 Å². The molecule has 0 fully saturated rings. The average molecular weight is 379 g/mol. The van der Waals surface area contributed by atoms with Crippen LogP contribution in [0, 0.1) is 0 Å². The van der Waals surface area contributed by atoms with E-state index in [0.717, 1.165) is 0 Å². The van der Waals surface area contributed by atoms with Crippen LogP contribution >= 0.6 is 15.9 Å². The highest BCUT2D eigenvalue weighted by atomic mass is 79.9. The van der Waals surface area contributed by atoms with Crippen LogP contribution in [0.5, 0.6) is 0 Å². The molecule has 4 N–H and O–H groups in total. The van der Waals surface area contributed by atoms with Crippen LogP contribution in [0.3, 0.4) is 0 Å². The third-order valence-electron chi connectivity index (χ3n) is 3.06. The summed E-state index contributed by atoms with van der Waals surface area (Å²) in [6.45, 7) is 0.418. The van der Waals surface area contributed by atoms with Crippen LogP contribution in [-0.2, 0) is 21.2 Å². The Balaban J connectivity index is 2.29. The van der Waals surface area contributed by atoms with E-state index in [4.69, 9.17) is 5.11 Å². The number of hydrogen-bond donors (Lipinski definition) is 4. The standard InChI is InChI=1S/C12H15BrN2O5S/c1-12(18,6-16)5-14-21(19,20)10-2-7-3-11(17)15-9(7)4-8(10)13/h2,4,14,16,18H,3,5-6H2,1H3,(H,15,17). The Morgan fingerprint density at radius 1 is 1.48 bits per heavy atom. The molecule has 21 heavy (non-hydrogen) atoms. The maximum absolute atomic E-state index is 12.3. The van der Waals surface area contributed by atoms with Crippen molar-refractivity contribution in [1.82, 2.24) is 4.72 Å². The molecule has 1 amide bonds. The molecule has 1 aromatic carbocycles. The first-order valence-electron chi connectivity index (χ1n) is 6.10. The number of halogens is 1. The van der Waals surface area contributed by atoms with E-state index in [1.54, 1.807) is 0 Å². The first kappa shape index (κ1) is 16.4. The van der Waals surface area contributed by atoms with Gasteiger partial charge < -0.3 is 15.5 Å². The summed E-state index contributed by atoms with van der Waals surface area (Å²) >= 11 is 3.16. The molecule has 9 heteroatoms. The minimum Gasteiger partial charge on any atom is -0.393 e. The van der Waals surface area contributed by atoms with Crippen molar-refractivity contribution in [1.29, 1.82) is 0 Å². The van der Waals surface area contributed by atoms with Crippen molar-refractivity contribution in [3.8, 4) is 0 Å². The molecule has 0 spiro atoms. The normalized spacial score (nSPS) is 17.2. The molecule has 7 nitrogen and oxygen atoms in total. The van der Waals surface area contributed by atoms with Gasteiger partial charge >= 0.3 is 0 Å². The van der Waals surface area contributed by atoms with E-state index in [2.05, 4.69) is 26.0 Å². The summed E-state index contributed by atoms with van der Waals surface area (Å²) < 4.78 is 27.1. The molecule has 1 aliphatic heterocycles. The van der Waals surface area contributed by atoms with E-state index >= 15 is 0 Å². The molecule has 0 radical (unpaired) electrons. The highest BCUT2D eigenvalue weighted by Crippen LogP contribution is 2.32. The monoisotopic (exact) mass is 378 g/mol. The van der Waals surface area contributed by atoms with Crippen LogP contribution in [0.4, 0.5) is 5.69 Å². The van der Waals surface area contributed by atoms with Gasteiger partial charge in [0.2, 0.25) is 15.9 Å². The van der Waals surface area contributed by atoms with Gasteiger partial charge in [0.15, 0.2) is 0 Å². The number of aliphatic hydroxyl groups excluding tert-OH is 1. The second-order valence-corrected chi connectivity index (χ2v) is 7.73. The number of rotatable bonds is 5. The van der Waals surface area contributed by atoms with Crippen LogP contribution in [0.2, 0.25) is 0 Å². The summed E-state index contributed by atoms with van der Waals surface area (Å²) in [5.41, 5.74) is -0.376. The lowest BCUT2D eigenvalue weighted by molar-refractivity contribution is -0.115. The molecule has 1 unspecified atom stereocenters. The molecule has 1 aromatic rings. The van der Waals surface area contributed by atoms with Crippen molar-refractivity contribution >= 4 is 37.5 Å². The number of sulfonamides is 1. The van der Waals surface area contributed by atoms with Crippen molar-refractivity contribution in [2.45, 2.75) is 23.8 Å². The lowest BCUT2D eigenvalue weighted by Gasteiger charge is -2.21. The van der Waals surface area contributed by atoms with Crippen LogP contribution in [0.15, 0.2) is 21.5 Å². The number of carbonyl (C=O) groups is 1. The molecule has 0 aromatic heterocycles. The van der Waals surface area contributed by atoms with Gasteiger partial charge in [-0.15, -0.1) is 0 Å². The minimum absolute atomic E-state index is 0.0218. The zero-order valence-corrected chi connectivity index (χ0v) is 13.6. The summed E-state index contributed by atoms with van der Waals surface area (Å²) in [5, 5.41) is 21.2. The summed E-state index contributed by atoms with van der Waals surface area (Å²) in [6, 6.07) is 2.94. The van der Waals surface area contributed by atoms with Gasteiger partial charge in [-0.25, -0.2) is 13.1 Å². The maximum Gasteiger partial charge on any atom is 0.241 e. The summed E-state index contributed by atoms with van der Waals surface area (Å²) in [7, 11) is -3.88. The fourth-order valence-electron chi connectivity index (χ4n) is 1.82. The van der Waals surface area contributed by atoms with Gasteiger partial charge in [-0.05, 0) is 40.5 Å². The molecule has 116 valence electrons. The second kappa shape index (κ2) is 5.65. The number of anilines is 1. The van der Waals surface area contributed by atoms with Crippen molar-refractivity contribution in [3.63, 3.8) is 0 Å². The second-order valence-electron chi connectivity index (χ2n) is 5.14.